The number of aromatic amines is 1. The summed E-state index contributed by atoms with van der Waals surface area (Å²) < 4.78 is 4.84. The molecule has 1 heterocycles. The van der Waals surface area contributed by atoms with Gasteiger partial charge >= 0.3 is 12.0 Å². The SMILES string of the molecule is CC[N+](O)(C(=O)CN(Cc1ccc(OCc2ccccc2)cc1)C(=O)C(Cc1cnc[nH]1)NC(=O)O)c1ccccc1. The number of carbonyl (C=O) groups is 3. The van der Waals surface area contributed by atoms with Crippen LogP contribution in [0.15, 0.2) is 97.5 Å². The molecular weight excluding hydrogens is 538 g/mol. The predicted octanol–water partition coefficient (Wildman–Crippen LogP) is 4.14. The van der Waals surface area contributed by atoms with E-state index in [1.807, 2.05) is 30.3 Å². The van der Waals surface area contributed by atoms with E-state index >= 15 is 0 Å². The number of rotatable bonds is 13. The van der Waals surface area contributed by atoms with Gasteiger partial charge in [-0.25, -0.2) is 19.8 Å². The van der Waals surface area contributed by atoms with Crippen molar-refractivity contribution in [3.05, 3.63) is 114 Å². The van der Waals surface area contributed by atoms with Gasteiger partial charge in [0.25, 0.3) is 0 Å². The minimum absolute atomic E-state index is 0.00627. The van der Waals surface area contributed by atoms with Crippen molar-refractivity contribution in [2.45, 2.75) is 32.5 Å². The Balaban J connectivity index is 1.57. The van der Waals surface area contributed by atoms with Crippen molar-refractivity contribution in [1.82, 2.24) is 24.8 Å². The van der Waals surface area contributed by atoms with Gasteiger partial charge in [-0.05, 0) is 30.2 Å². The monoisotopic (exact) mass is 572 g/mol. The summed E-state index contributed by atoms with van der Waals surface area (Å²) in [5, 5.41) is 23.1. The number of hydrogen-bond acceptors (Lipinski definition) is 6. The number of hydroxylamine groups is 2. The van der Waals surface area contributed by atoms with Gasteiger partial charge in [-0.3, -0.25) is 4.79 Å². The standard InChI is InChI=1S/C31H33N5O6/c1-2-36(41,26-11-7-4-8-12-26)29(37)20-35(30(38)28(34-31(39)40)17-25-18-32-22-33-25)19-23-13-15-27(16-14-23)42-21-24-9-5-3-6-10-24/h3-16,18,22,28,34,41H,2,17,19-21H2,1H3,(H-,32,33,39,40)/p+1. The molecule has 0 saturated heterocycles. The molecule has 42 heavy (non-hydrogen) atoms. The number of amides is 3. The third-order valence-electron chi connectivity index (χ3n) is 6.81. The first-order valence-corrected chi connectivity index (χ1v) is 13.5. The molecule has 2 atom stereocenters. The smallest absolute Gasteiger partial charge is 0.405 e. The summed E-state index contributed by atoms with van der Waals surface area (Å²) in [4.78, 5) is 47.1. The lowest BCUT2D eigenvalue weighted by Gasteiger charge is -2.31. The van der Waals surface area contributed by atoms with Crippen LogP contribution in [0.3, 0.4) is 0 Å². The minimum Gasteiger partial charge on any atom is -0.489 e. The topological polar surface area (TPSA) is 145 Å². The normalized spacial score (nSPS) is 13.0. The van der Waals surface area contributed by atoms with Gasteiger partial charge in [0.2, 0.25) is 5.91 Å². The third kappa shape index (κ3) is 7.80. The Morgan fingerprint density at radius 1 is 0.976 bits per heavy atom. The first-order chi connectivity index (χ1) is 20.3. The number of carbonyl (C=O) groups excluding carboxylic acids is 2. The van der Waals surface area contributed by atoms with Crippen molar-refractivity contribution >= 4 is 23.6 Å². The van der Waals surface area contributed by atoms with E-state index in [4.69, 9.17) is 4.74 Å². The van der Waals surface area contributed by atoms with Gasteiger partial charge in [-0.1, -0.05) is 65.3 Å². The molecule has 11 nitrogen and oxygen atoms in total. The highest BCUT2D eigenvalue weighted by Gasteiger charge is 2.39. The van der Waals surface area contributed by atoms with E-state index in [-0.39, 0.29) is 19.5 Å². The second-order valence-corrected chi connectivity index (χ2v) is 9.71. The molecular formula is C31H34N5O6+. The van der Waals surface area contributed by atoms with Gasteiger partial charge < -0.3 is 25.0 Å². The Morgan fingerprint density at radius 2 is 1.64 bits per heavy atom. The maximum absolute atomic E-state index is 13.8. The molecule has 1 aromatic heterocycles. The van der Waals surface area contributed by atoms with Crippen LogP contribution in [-0.4, -0.2) is 62.2 Å². The number of nitrogens with one attached hydrogen (secondary N) is 2. The number of quaternary nitrogens is 1. The Kier molecular flexibility index (Phi) is 10.0. The molecule has 0 saturated carbocycles. The van der Waals surface area contributed by atoms with Gasteiger partial charge in [-0.15, -0.1) is 0 Å². The summed E-state index contributed by atoms with van der Waals surface area (Å²) in [6.45, 7) is 1.61. The van der Waals surface area contributed by atoms with E-state index in [9.17, 15) is 24.7 Å². The van der Waals surface area contributed by atoms with E-state index in [0.717, 1.165) is 5.56 Å². The van der Waals surface area contributed by atoms with Crippen molar-refractivity contribution in [2.24, 2.45) is 0 Å². The number of nitrogens with zero attached hydrogens (tertiary/aromatic N) is 3. The zero-order valence-electron chi connectivity index (χ0n) is 23.2. The van der Waals surface area contributed by atoms with Gasteiger partial charge in [-0.2, -0.15) is 0 Å². The molecule has 4 rings (SSSR count). The van der Waals surface area contributed by atoms with Crippen LogP contribution < -0.4 is 14.7 Å². The largest absolute Gasteiger partial charge is 0.489 e. The van der Waals surface area contributed by atoms with Crippen LogP contribution in [0.25, 0.3) is 0 Å². The average molecular weight is 573 g/mol. The zero-order chi connectivity index (χ0) is 30.0. The van der Waals surface area contributed by atoms with E-state index in [1.54, 1.807) is 61.5 Å². The van der Waals surface area contributed by atoms with Gasteiger partial charge in [0, 0.05) is 37.0 Å². The molecule has 218 valence electrons. The van der Waals surface area contributed by atoms with Crippen LogP contribution in [0.2, 0.25) is 0 Å². The summed E-state index contributed by atoms with van der Waals surface area (Å²) in [7, 11) is 0. The van der Waals surface area contributed by atoms with Crippen LogP contribution >= 0.6 is 0 Å². The number of H-pyrrole nitrogens is 1. The highest BCUT2D eigenvalue weighted by Crippen LogP contribution is 2.22. The fourth-order valence-corrected chi connectivity index (χ4v) is 4.51. The predicted molar refractivity (Wildman–Crippen MR) is 155 cm³/mol. The van der Waals surface area contributed by atoms with E-state index in [1.165, 1.54) is 17.4 Å². The molecule has 0 spiro atoms. The van der Waals surface area contributed by atoms with E-state index in [0.29, 0.717) is 29.3 Å². The van der Waals surface area contributed by atoms with Crippen LogP contribution in [0, 0.1) is 0 Å². The van der Waals surface area contributed by atoms with Crippen molar-refractivity contribution in [1.29, 1.82) is 0 Å². The zero-order valence-corrected chi connectivity index (χ0v) is 23.2. The van der Waals surface area contributed by atoms with E-state index < -0.39 is 35.1 Å². The summed E-state index contributed by atoms with van der Waals surface area (Å²) in [6, 6.07) is 24.1. The van der Waals surface area contributed by atoms with Gasteiger partial charge in [0.15, 0.2) is 5.69 Å². The quantitative estimate of drug-likeness (QED) is 0.107. The molecule has 0 bridgehead atoms. The highest BCUT2D eigenvalue weighted by atomic mass is 16.6. The first kappa shape index (κ1) is 30.0. The van der Waals surface area contributed by atoms with Crippen molar-refractivity contribution in [3.8, 4) is 5.75 Å². The third-order valence-corrected chi connectivity index (χ3v) is 6.81. The second kappa shape index (κ2) is 14.1. The lowest BCUT2D eigenvalue weighted by atomic mass is 10.1. The Hall–Kier alpha value is -5.00. The maximum Gasteiger partial charge on any atom is 0.405 e. The second-order valence-electron chi connectivity index (χ2n) is 9.71. The van der Waals surface area contributed by atoms with Crippen LogP contribution in [0.5, 0.6) is 5.75 Å². The number of carboxylic acid groups (broad SMARTS) is 1. The first-order valence-electron chi connectivity index (χ1n) is 13.5. The summed E-state index contributed by atoms with van der Waals surface area (Å²) >= 11 is 0. The molecule has 0 aliphatic heterocycles. The van der Waals surface area contributed by atoms with Crippen LogP contribution in [0.1, 0.15) is 23.7 Å². The van der Waals surface area contributed by atoms with E-state index in [2.05, 4.69) is 15.3 Å². The maximum atomic E-state index is 13.8. The van der Waals surface area contributed by atoms with Gasteiger partial charge in [0.05, 0.1) is 6.33 Å². The summed E-state index contributed by atoms with van der Waals surface area (Å²) in [5.41, 5.74) is 2.60. The fourth-order valence-electron chi connectivity index (χ4n) is 4.51. The number of imidazole rings is 1. The number of ether oxygens (including phenoxy) is 1. The van der Waals surface area contributed by atoms with Crippen molar-refractivity contribution < 1.29 is 29.4 Å². The van der Waals surface area contributed by atoms with Gasteiger partial charge in [0.1, 0.15) is 31.5 Å². The molecule has 2 unspecified atom stereocenters. The molecule has 0 fully saturated rings. The summed E-state index contributed by atoms with van der Waals surface area (Å²) in [5.74, 6) is -0.640. The Labute approximate surface area is 243 Å². The molecule has 11 heteroatoms. The summed E-state index contributed by atoms with van der Waals surface area (Å²) in [6.07, 6.45) is 1.53. The average Bonchev–Trinajstić information content (AvgIpc) is 3.53. The molecule has 0 aliphatic rings. The van der Waals surface area contributed by atoms with Crippen LogP contribution in [-0.2, 0) is 29.2 Å². The molecule has 0 radical (unpaired) electrons. The number of hydrogen-bond donors (Lipinski definition) is 4. The van der Waals surface area contributed by atoms with Crippen molar-refractivity contribution in [3.63, 3.8) is 0 Å². The number of benzene rings is 3. The Bertz CT molecular complexity index is 1450. The molecule has 4 aromatic rings. The lowest BCUT2D eigenvalue weighted by Crippen LogP contribution is -2.57. The number of likely N-dealkylation sites (N-methyl/N-ethyl adjacent to an activating group) is 1. The van der Waals surface area contributed by atoms with Crippen LogP contribution in [0.4, 0.5) is 10.5 Å². The highest BCUT2D eigenvalue weighted by molar-refractivity contribution is 5.93. The number of para-hydroxylation sites is 1. The lowest BCUT2D eigenvalue weighted by molar-refractivity contribution is -0.164. The van der Waals surface area contributed by atoms with Crippen molar-refractivity contribution in [2.75, 3.05) is 13.1 Å². The molecule has 4 N–H and O–H groups in total. The molecule has 3 amide bonds. The number of aromatic nitrogens is 2. The Morgan fingerprint density at radius 3 is 2.24 bits per heavy atom. The molecule has 3 aromatic carbocycles. The minimum atomic E-state index is -1.39. The fraction of sp³-hybridized carbons (Fsp3) is 0.226. The molecule has 0 aliphatic carbocycles.